The van der Waals surface area contributed by atoms with Gasteiger partial charge in [0.1, 0.15) is 0 Å². The fraction of sp³-hybridized carbons (Fsp3) is 0.0909. The van der Waals surface area contributed by atoms with E-state index in [1.807, 2.05) is 30.3 Å². The van der Waals surface area contributed by atoms with E-state index in [1.54, 1.807) is 30.3 Å². The number of benzene rings is 3. The van der Waals surface area contributed by atoms with Crippen LogP contribution in [0.1, 0.15) is 15.9 Å². The summed E-state index contributed by atoms with van der Waals surface area (Å²) in [4.78, 5) is 12.3. The number of amides is 1. The van der Waals surface area contributed by atoms with Crippen LogP contribution < -0.4 is 15.4 Å². The fourth-order valence-electron chi connectivity index (χ4n) is 2.74. The molecule has 0 aliphatic rings. The van der Waals surface area contributed by atoms with Crippen LogP contribution in [0.5, 0.6) is 0 Å². The van der Waals surface area contributed by atoms with E-state index >= 15 is 0 Å². The number of rotatable bonds is 7. The molecule has 31 heavy (non-hydrogen) atoms. The molecule has 160 valence electrons. The maximum Gasteiger partial charge on any atom is 0.257 e. The van der Waals surface area contributed by atoms with Gasteiger partial charge in [-0.3, -0.25) is 10.1 Å². The highest BCUT2D eigenvalue weighted by Crippen LogP contribution is 2.15. The first kappa shape index (κ1) is 22.9. The second-order valence-corrected chi connectivity index (χ2v) is 9.19. The average Bonchev–Trinajstić information content (AvgIpc) is 2.74. The van der Waals surface area contributed by atoms with Crippen molar-refractivity contribution in [3.05, 3.63) is 95.0 Å². The lowest BCUT2D eigenvalue weighted by Gasteiger charge is -2.11. The van der Waals surface area contributed by atoms with Gasteiger partial charge in [-0.1, -0.05) is 48.0 Å². The van der Waals surface area contributed by atoms with Crippen LogP contribution in [0.3, 0.4) is 0 Å². The molecular weight excluding hydrogens is 454 g/mol. The van der Waals surface area contributed by atoms with Crippen molar-refractivity contribution in [2.75, 3.05) is 11.9 Å². The van der Waals surface area contributed by atoms with E-state index in [1.165, 1.54) is 18.2 Å². The van der Waals surface area contributed by atoms with Crippen LogP contribution in [0.25, 0.3) is 0 Å². The third-order valence-electron chi connectivity index (χ3n) is 4.28. The predicted molar refractivity (Wildman–Crippen MR) is 127 cm³/mol. The van der Waals surface area contributed by atoms with Gasteiger partial charge >= 0.3 is 0 Å². The summed E-state index contributed by atoms with van der Waals surface area (Å²) in [6.45, 7) is 0.298. The minimum atomic E-state index is -3.63. The van der Waals surface area contributed by atoms with Crippen molar-refractivity contribution in [1.29, 1.82) is 0 Å². The summed E-state index contributed by atoms with van der Waals surface area (Å²) in [5.74, 6) is -0.401. The van der Waals surface area contributed by atoms with Gasteiger partial charge in [-0.2, -0.15) is 0 Å². The number of halogens is 1. The summed E-state index contributed by atoms with van der Waals surface area (Å²) in [7, 11) is -3.63. The highest BCUT2D eigenvalue weighted by atomic mass is 35.5. The third-order valence-corrected chi connectivity index (χ3v) is 6.20. The minimum absolute atomic E-state index is 0.0848. The van der Waals surface area contributed by atoms with Crippen molar-refractivity contribution in [2.24, 2.45) is 0 Å². The van der Waals surface area contributed by atoms with E-state index in [4.69, 9.17) is 23.8 Å². The fourth-order valence-corrected chi connectivity index (χ4v) is 4.18. The van der Waals surface area contributed by atoms with Crippen molar-refractivity contribution in [3.8, 4) is 0 Å². The van der Waals surface area contributed by atoms with Gasteiger partial charge in [-0.15, -0.1) is 0 Å². The molecule has 0 spiro atoms. The van der Waals surface area contributed by atoms with Gasteiger partial charge in [0.05, 0.1) is 4.90 Å². The molecule has 3 N–H and O–H groups in total. The Balaban J connectivity index is 1.54. The summed E-state index contributed by atoms with van der Waals surface area (Å²) >= 11 is 11.0. The van der Waals surface area contributed by atoms with E-state index in [2.05, 4.69) is 15.4 Å². The minimum Gasteiger partial charge on any atom is -0.332 e. The molecule has 0 unspecified atom stereocenters. The van der Waals surface area contributed by atoms with E-state index in [0.29, 0.717) is 29.2 Å². The van der Waals surface area contributed by atoms with Crippen LogP contribution >= 0.6 is 23.8 Å². The Kier molecular flexibility index (Phi) is 7.75. The second kappa shape index (κ2) is 10.5. The summed E-state index contributed by atoms with van der Waals surface area (Å²) in [6, 6.07) is 22.2. The zero-order valence-electron chi connectivity index (χ0n) is 16.3. The number of anilines is 1. The maximum atomic E-state index is 12.5. The Bertz CT molecular complexity index is 1170. The monoisotopic (exact) mass is 473 g/mol. The standard InChI is InChI=1S/C22H20ClN3O3S2/c23-18-8-4-7-17(15-18)21(27)26-22(30)25-19-9-11-20(12-10-19)31(28,29)24-14-13-16-5-2-1-3-6-16/h1-12,15,24H,13-14H2,(H2,25,26,27,30). The molecule has 0 heterocycles. The molecule has 3 aromatic carbocycles. The molecule has 3 aromatic rings. The van der Waals surface area contributed by atoms with Crippen LogP contribution in [-0.2, 0) is 16.4 Å². The smallest absolute Gasteiger partial charge is 0.257 e. The summed E-state index contributed by atoms with van der Waals surface area (Å²) in [5.41, 5.74) is 1.97. The predicted octanol–water partition coefficient (Wildman–Crippen LogP) is 3.99. The molecule has 0 atom stereocenters. The molecule has 6 nitrogen and oxygen atoms in total. The largest absolute Gasteiger partial charge is 0.332 e. The van der Waals surface area contributed by atoms with Crippen LogP contribution in [0.2, 0.25) is 5.02 Å². The molecule has 0 aliphatic heterocycles. The van der Waals surface area contributed by atoms with Crippen LogP contribution in [0, 0.1) is 0 Å². The molecule has 0 aliphatic carbocycles. The highest BCUT2D eigenvalue weighted by Gasteiger charge is 2.14. The van der Waals surface area contributed by atoms with E-state index in [-0.39, 0.29) is 10.0 Å². The number of thiocarbonyl (C=S) groups is 1. The quantitative estimate of drug-likeness (QED) is 0.452. The lowest BCUT2D eigenvalue weighted by Crippen LogP contribution is -2.34. The van der Waals surface area contributed by atoms with Gasteiger partial charge in [-0.25, -0.2) is 13.1 Å². The molecule has 3 rings (SSSR count). The van der Waals surface area contributed by atoms with Gasteiger partial charge < -0.3 is 5.32 Å². The summed E-state index contributed by atoms with van der Waals surface area (Å²) < 4.78 is 27.5. The number of sulfonamides is 1. The van der Waals surface area contributed by atoms with Crippen LogP contribution in [0.4, 0.5) is 5.69 Å². The SMILES string of the molecule is O=C(NC(=S)Nc1ccc(S(=O)(=O)NCCc2ccccc2)cc1)c1cccc(Cl)c1. The lowest BCUT2D eigenvalue weighted by molar-refractivity contribution is 0.0977. The number of carbonyl (C=O) groups excluding carboxylic acids is 1. The molecule has 0 saturated heterocycles. The van der Waals surface area contributed by atoms with E-state index < -0.39 is 15.9 Å². The molecule has 0 radical (unpaired) electrons. The topological polar surface area (TPSA) is 87.3 Å². The normalized spacial score (nSPS) is 11.0. The Hall–Kier alpha value is -2.78. The number of nitrogens with one attached hydrogen (secondary N) is 3. The van der Waals surface area contributed by atoms with Gasteiger partial charge in [0.15, 0.2) is 5.11 Å². The molecular formula is C22H20ClN3O3S2. The zero-order chi connectivity index (χ0) is 22.3. The first-order valence-electron chi connectivity index (χ1n) is 9.35. The Morgan fingerprint density at radius 3 is 2.32 bits per heavy atom. The number of carbonyl (C=O) groups is 1. The second-order valence-electron chi connectivity index (χ2n) is 6.58. The van der Waals surface area contributed by atoms with Crippen LogP contribution in [0.15, 0.2) is 83.8 Å². The Labute approximate surface area is 191 Å². The molecule has 0 fully saturated rings. The van der Waals surface area contributed by atoms with E-state index in [0.717, 1.165) is 5.56 Å². The number of hydrogen-bond donors (Lipinski definition) is 3. The van der Waals surface area contributed by atoms with Gasteiger partial charge in [0, 0.05) is 22.8 Å². The Morgan fingerprint density at radius 1 is 0.935 bits per heavy atom. The van der Waals surface area contributed by atoms with E-state index in [9.17, 15) is 13.2 Å². The first-order chi connectivity index (χ1) is 14.8. The van der Waals surface area contributed by atoms with Crippen molar-refractivity contribution in [1.82, 2.24) is 10.0 Å². The molecule has 0 bridgehead atoms. The van der Waals surface area contributed by atoms with Gasteiger partial charge in [0.2, 0.25) is 10.0 Å². The maximum absolute atomic E-state index is 12.5. The van der Waals surface area contributed by atoms with Gasteiger partial charge in [0.25, 0.3) is 5.91 Å². The summed E-state index contributed by atoms with van der Waals surface area (Å²) in [6.07, 6.45) is 0.598. The lowest BCUT2D eigenvalue weighted by atomic mass is 10.2. The van der Waals surface area contributed by atoms with Crippen molar-refractivity contribution >= 4 is 50.5 Å². The van der Waals surface area contributed by atoms with Gasteiger partial charge in [-0.05, 0) is 66.7 Å². The van der Waals surface area contributed by atoms with Crippen molar-refractivity contribution in [3.63, 3.8) is 0 Å². The molecule has 0 aromatic heterocycles. The first-order valence-corrected chi connectivity index (χ1v) is 11.6. The highest BCUT2D eigenvalue weighted by molar-refractivity contribution is 7.89. The Morgan fingerprint density at radius 2 is 1.65 bits per heavy atom. The van der Waals surface area contributed by atoms with Crippen molar-refractivity contribution < 1.29 is 13.2 Å². The molecule has 9 heteroatoms. The zero-order valence-corrected chi connectivity index (χ0v) is 18.7. The average molecular weight is 474 g/mol. The van der Waals surface area contributed by atoms with Crippen molar-refractivity contribution in [2.45, 2.75) is 11.3 Å². The summed E-state index contributed by atoms with van der Waals surface area (Å²) in [5, 5.41) is 5.93. The molecule has 0 saturated carbocycles. The molecule has 1 amide bonds. The number of hydrogen-bond acceptors (Lipinski definition) is 4. The third kappa shape index (κ3) is 6.86. The van der Waals surface area contributed by atoms with Crippen LogP contribution in [-0.4, -0.2) is 26.0 Å².